The van der Waals surface area contributed by atoms with Gasteiger partial charge in [0, 0.05) is 6.54 Å². The second-order valence-corrected chi connectivity index (χ2v) is 3.76. The van der Waals surface area contributed by atoms with Gasteiger partial charge in [0.1, 0.15) is 5.92 Å². The summed E-state index contributed by atoms with van der Waals surface area (Å²) in [7, 11) is 0. The average Bonchev–Trinajstić information content (AvgIpc) is 2.35. The van der Waals surface area contributed by atoms with Crippen molar-refractivity contribution in [2.45, 2.75) is 20.1 Å². The summed E-state index contributed by atoms with van der Waals surface area (Å²) in [5, 5.41) is 20.1. The molecule has 5 heteroatoms. The Morgan fingerprint density at radius 1 is 1.35 bits per heavy atom. The van der Waals surface area contributed by atoms with Crippen LogP contribution in [-0.4, -0.2) is 22.1 Å². The largest absolute Gasteiger partial charge is 0.481 e. The highest BCUT2D eigenvalue weighted by atomic mass is 16.4. The van der Waals surface area contributed by atoms with E-state index in [0.717, 1.165) is 11.1 Å². The highest BCUT2D eigenvalue weighted by molar-refractivity contribution is 5.96. The summed E-state index contributed by atoms with van der Waals surface area (Å²) < 4.78 is 0. The van der Waals surface area contributed by atoms with Gasteiger partial charge in [0.25, 0.3) is 0 Å². The number of amides is 1. The predicted octanol–water partition coefficient (Wildman–Crippen LogP) is 0.516. The van der Waals surface area contributed by atoms with Crippen LogP contribution in [0.1, 0.15) is 18.1 Å². The monoisotopic (exact) mass is 237 g/mol. The number of aliphatic carboxylic acids is 1. The lowest BCUT2D eigenvalue weighted by atomic mass is 10.1. The van der Waals surface area contributed by atoms with Crippen molar-refractivity contribution in [1.29, 1.82) is 0 Å². The molecule has 0 aliphatic heterocycles. The third-order valence-corrected chi connectivity index (χ3v) is 2.40. The number of carboxylic acids is 1. The number of carbonyl (C=O) groups is 2. The Balaban J connectivity index is 2.55. The van der Waals surface area contributed by atoms with Crippen molar-refractivity contribution in [2.24, 2.45) is 5.92 Å². The summed E-state index contributed by atoms with van der Waals surface area (Å²) in [6.45, 7) is 1.53. The average molecular weight is 237 g/mol. The fourth-order valence-electron chi connectivity index (χ4n) is 1.29. The molecule has 0 aliphatic rings. The van der Waals surface area contributed by atoms with Crippen molar-refractivity contribution in [3.05, 3.63) is 35.4 Å². The minimum atomic E-state index is -1.15. The molecule has 0 aliphatic carbocycles. The van der Waals surface area contributed by atoms with Crippen molar-refractivity contribution in [3.63, 3.8) is 0 Å². The Morgan fingerprint density at radius 3 is 2.59 bits per heavy atom. The van der Waals surface area contributed by atoms with Crippen molar-refractivity contribution < 1.29 is 19.8 Å². The van der Waals surface area contributed by atoms with E-state index < -0.39 is 17.8 Å². The van der Waals surface area contributed by atoms with Gasteiger partial charge in [0.2, 0.25) is 5.91 Å². The Bertz CT molecular complexity index is 417. The zero-order chi connectivity index (χ0) is 12.8. The zero-order valence-corrected chi connectivity index (χ0v) is 9.51. The molecule has 1 atom stereocenters. The van der Waals surface area contributed by atoms with Crippen LogP contribution in [-0.2, 0) is 22.7 Å². The molecule has 1 aromatic carbocycles. The lowest BCUT2D eigenvalue weighted by Crippen LogP contribution is -2.33. The Kier molecular flexibility index (Phi) is 4.66. The fraction of sp³-hybridized carbons (Fsp3) is 0.333. The van der Waals surface area contributed by atoms with Gasteiger partial charge in [-0.1, -0.05) is 24.3 Å². The normalized spacial score (nSPS) is 11.9. The van der Waals surface area contributed by atoms with Gasteiger partial charge in [-0.15, -0.1) is 0 Å². The van der Waals surface area contributed by atoms with E-state index in [1.807, 2.05) is 0 Å². The topological polar surface area (TPSA) is 86.6 Å². The van der Waals surface area contributed by atoms with Crippen LogP contribution in [0.15, 0.2) is 24.3 Å². The van der Waals surface area contributed by atoms with Crippen LogP contribution in [0.5, 0.6) is 0 Å². The highest BCUT2D eigenvalue weighted by Crippen LogP contribution is 2.05. The van der Waals surface area contributed by atoms with Crippen molar-refractivity contribution in [3.8, 4) is 0 Å². The number of hydrogen-bond donors (Lipinski definition) is 3. The van der Waals surface area contributed by atoms with Gasteiger partial charge in [-0.05, 0) is 18.1 Å². The molecular weight excluding hydrogens is 222 g/mol. The first-order valence-corrected chi connectivity index (χ1v) is 5.23. The van der Waals surface area contributed by atoms with E-state index >= 15 is 0 Å². The molecule has 0 fully saturated rings. The lowest BCUT2D eigenvalue weighted by molar-refractivity contribution is -0.146. The van der Waals surface area contributed by atoms with Gasteiger partial charge in [0.15, 0.2) is 0 Å². The van der Waals surface area contributed by atoms with Crippen LogP contribution in [0.25, 0.3) is 0 Å². The van der Waals surface area contributed by atoms with E-state index in [4.69, 9.17) is 10.2 Å². The Hall–Kier alpha value is -1.88. The number of rotatable bonds is 5. The number of aliphatic hydroxyl groups is 1. The molecule has 0 aromatic heterocycles. The molecule has 1 aromatic rings. The molecular formula is C12H15NO4. The summed E-state index contributed by atoms with van der Waals surface area (Å²) in [4.78, 5) is 21.9. The van der Waals surface area contributed by atoms with Crippen molar-refractivity contribution >= 4 is 11.9 Å². The standard InChI is InChI=1S/C12H15NO4/c1-8(12(16)17)11(15)13-6-9-3-2-4-10(5-9)7-14/h2-5,8,14H,6-7H2,1H3,(H,13,15)(H,16,17). The maximum atomic E-state index is 11.4. The molecule has 1 amide bonds. The Morgan fingerprint density at radius 2 is 2.00 bits per heavy atom. The van der Waals surface area contributed by atoms with Crippen LogP contribution in [0.3, 0.4) is 0 Å². The van der Waals surface area contributed by atoms with Crippen LogP contribution in [0.2, 0.25) is 0 Å². The number of aliphatic hydroxyl groups excluding tert-OH is 1. The smallest absolute Gasteiger partial charge is 0.315 e. The number of hydrogen-bond acceptors (Lipinski definition) is 3. The van der Waals surface area contributed by atoms with Gasteiger partial charge in [-0.3, -0.25) is 9.59 Å². The number of benzene rings is 1. The van der Waals surface area contributed by atoms with E-state index in [-0.39, 0.29) is 13.2 Å². The molecule has 92 valence electrons. The van der Waals surface area contributed by atoms with Crippen LogP contribution in [0, 0.1) is 5.92 Å². The minimum absolute atomic E-state index is 0.0622. The predicted molar refractivity (Wildman–Crippen MR) is 61.0 cm³/mol. The molecule has 3 N–H and O–H groups in total. The number of nitrogens with one attached hydrogen (secondary N) is 1. The zero-order valence-electron chi connectivity index (χ0n) is 9.51. The third kappa shape index (κ3) is 3.88. The summed E-state index contributed by atoms with van der Waals surface area (Å²) in [5.41, 5.74) is 1.57. The molecule has 0 heterocycles. The Labute approximate surface area is 99.1 Å². The number of carboxylic acid groups (broad SMARTS) is 1. The molecule has 17 heavy (non-hydrogen) atoms. The first-order chi connectivity index (χ1) is 8.04. The van der Waals surface area contributed by atoms with Crippen LogP contribution >= 0.6 is 0 Å². The maximum Gasteiger partial charge on any atom is 0.315 e. The van der Waals surface area contributed by atoms with Gasteiger partial charge in [-0.25, -0.2) is 0 Å². The molecule has 1 rings (SSSR count). The summed E-state index contributed by atoms with van der Waals surface area (Å²) in [6, 6.07) is 7.09. The SMILES string of the molecule is CC(C(=O)O)C(=O)NCc1cccc(CO)c1. The molecule has 5 nitrogen and oxygen atoms in total. The van der Waals surface area contributed by atoms with Crippen molar-refractivity contribution in [2.75, 3.05) is 0 Å². The van der Waals surface area contributed by atoms with E-state index in [1.54, 1.807) is 24.3 Å². The van der Waals surface area contributed by atoms with Crippen LogP contribution < -0.4 is 5.32 Å². The summed E-state index contributed by atoms with van der Waals surface area (Å²) in [5.74, 6) is -2.73. The maximum absolute atomic E-state index is 11.4. The van der Waals surface area contributed by atoms with Crippen LogP contribution in [0.4, 0.5) is 0 Å². The molecule has 0 spiro atoms. The lowest BCUT2D eigenvalue weighted by Gasteiger charge is -2.08. The molecule has 0 saturated carbocycles. The summed E-state index contributed by atoms with van der Waals surface area (Å²) >= 11 is 0. The van der Waals surface area contributed by atoms with Gasteiger partial charge < -0.3 is 15.5 Å². The fourth-order valence-corrected chi connectivity index (χ4v) is 1.29. The molecule has 0 radical (unpaired) electrons. The molecule has 0 bridgehead atoms. The number of carbonyl (C=O) groups excluding carboxylic acids is 1. The van der Waals surface area contributed by atoms with E-state index in [0.29, 0.717) is 0 Å². The van der Waals surface area contributed by atoms with E-state index in [1.165, 1.54) is 6.92 Å². The van der Waals surface area contributed by atoms with Gasteiger partial charge >= 0.3 is 5.97 Å². The second-order valence-electron chi connectivity index (χ2n) is 3.76. The van der Waals surface area contributed by atoms with Crippen molar-refractivity contribution in [1.82, 2.24) is 5.32 Å². The first-order valence-electron chi connectivity index (χ1n) is 5.23. The van der Waals surface area contributed by atoms with E-state index in [2.05, 4.69) is 5.32 Å². The first kappa shape index (κ1) is 13.2. The quantitative estimate of drug-likeness (QED) is 0.651. The molecule has 1 unspecified atom stereocenters. The van der Waals surface area contributed by atoms with Gasteiger partial charge in [-0.2, -0.15) is 0 Å². The highest BCUT2D eigenvalue weighted by Gasteiger charge is 2.19. The third-order valence-electron chi connectivity index (χ3n) is 2.40. The molecule has 0 saturated heterocycles. The minimum Gasteiger partial charge on any atom is -0.481 e. The van der Waals surface area contributed by atoms with Gasteiger partial charge in [0.05, 0.1) is 6.61 Å². The second kappa shape index (κ2) is 6.00. The summed E-state index contributed by atoms with van der Waals surface area (Å²) in [6.07, 6.45) is 0. The van der Waals surface area contributed by atoms with E-state index in [9.17, 15) is 9.59 Å².